The van der Waals surface area contributed by atoms with Crippen LogP contribution in [0, 0.1) is 0 Å². The van der Waals surface area contributed by atoms with Crippen molar-refractivity contribution in [3.8, 4) is 0 Å². The van der Waals surface area contributed by atoms with Gasteiger partial charge in [-0.05, 0) is 44.4 Å². The molecule has 1 atom stereocenters. The largest absolute Gasteiger partial charge is 0.377 e. The molecule has 0 heterocycles. The number of ether oxygens (including phenoxy) is 1. The maximum atomic E-state index is 5.76. The summed E-state index contributed by atoms with van der Waals surface area (Å²) in [6.45, 7) is 0. The van der Waals surface area contributed by atoms with Crippen molar-refractivity contribution < 1.29 is 4.74 Å². The molecular weight excluding hydrogens is 278 g/mol. The summed E-state index contributed by atoms with van der Waals surface area (Å²) in [4.78, 5) is 0. The van der Waals surface area contributed by atoms with E-state index in [9.17, 15) is 0 Å². The molecule has 0 saturated heterocycles. The van der Waals surface area contributed by atoms with Gasteiger partial charge in [-0.2, -0.15) is 0 Å². The number of halogens is 1. The lowest BCUT2D eigenvalue weighted by Crippen LogP contribution is -2.56. The van der Waals surface area contributed by atoms with Crippen LogP contribution in [0.15, 0.2) is 28.7 Å². The van der Waals surface area contributed by atoms with Gasteiger partial charge in [0.05, 0.1) is 5.60 Å². The molecule has 2 nitrogen and oxygen atoms in total. The van der Waals surface area contributed by atoms with Crippen LogP contribution >= 0.6 is 15.9 Å². The smallest absolute Gasteiger partial charge is 0.0834 e. The highest BCUT2D eigenvalue weighted by molar-refractivity contribution is 9.10. The average Bonchev–Trinajstić information content (AvgIpc) is 2.29. The van der Waals surface area contributed by atoms with Crippen LogP contribution in [0.5, 0.6) is 0 Å². The van der Waals surface area contributed by atoms with Crippen LogP contribution in [0.25, 0.3) is 0 Å². The quantitative estimate of drug-likeness (QED) is 0.901. The lowest BCUT2D eigenvalue weighted by molar-refractivity contribution is -0.0966. The van der Waals surface area contributed by atoms with Crippen molar-refractivity contribution in [1.82, 2.24) is 5.32 Å². The van der Waals surface area contributed by atoms with E-state index in [-0.39, 0.29) is 5.60 Å². The molecule has 1 N–H and O–H groups in total. The third kappa shape index (κ3) is 2.56. The molecule has 0 spiro atoms. The number of hydrogen-bond acceptors (Lipinski definition) is 2. The molecular formula is C14H20BrNO. The van der Waals surface area contributed by atoms with Crippen LogP contribution in [0.2, 0.25) is 0 Å². The molecule has 2 rings (SSSR count). The molecule has 1 aromatic rings. The summed E-state index contributed by atoms with van der Waals surface area (Å²) in [5.74, 6) is 0. The molecule has 3 heteroatoms. The van der Waals surface area contributed by atoms with Gasteiger partial charge in [-0.3, -0.25) is 0 Å². The fourth-order valence-electron chi connectivity index (χ4n) is 2.66. The van der Waals surface area contributed by atoms with Crippen molar-refractivity contribution in [3.63, 3.8) is 0 Å². The van der Waals surface area contributed by atoms with Gasteiger partial charge in [-0.1, -0.05) is 34.1 Å². The summed E-state index contributed by atoms with van der Waals surface area (Å²) in [6.07, 6.45) is 4.62. The van der Waals surface area contributed by atoms with Gasteiger partial charge in [0.15, 0.2) is 0 Å². The summed E-state index contributed by atoms with van der Waals surface area (Å²) >= 11 is 3.61. The molecule has 1 unspecified atom stereocenters. The van der Waals surface area contributed by atoms with Crippen molar-refractivity contribution in [2.75, 3.05) is 14.2 Å². The van der Waals surface area contributed by atoms with Gasteiger partial charge in [0.25, 0.3) is 0 Å². The van der Waals surface area contributed by atoms with E-state index in [0.29, 0.717) is 6.04 Å². The fraction of sp³-hybridized carbons (Fsp3) is 0.571. The Kier molecular flexibility index (Phi) is 4.23. The molecule has 1 aliphatic rings. The minimum Gasteiger partial charge on any atom is -0.377 e. The summed E-state index contributed by atoms with van der Waals surface area (Å²) < 4.78 is 6.95. The van der Waals surface area contributed by atoms with Crippen LogP contribution in [-0.4, -0.2) is 25.8 Å². The molecule has 0 aliphatic heterocycles. The first-order valence-corrected chi connectivity index (χ1v) is 6.97. The van der Waals surface area contributed by atoms with E-state index < -0.39 is 0 Å². The number of methoxy groups -OCH3 is 1. The lowest BCUT2D eigenvalue weighted by Gasteiger charge is -2.46. The van der Waals surface area contributed by atoms with Crippen molar-refractivity contribution >= 4 is 15.9 Å². The fourth-order valence-corrected chi connectivity index (χ4v) is 3.10. The first-order valence-electron chi connectivity index (χ1n) is 6.17. The van der Waals surface area contributed by atoms with Crippen molar-refractivity contribution in [3.05, 3.63) is 34.3 Å². The molecule has 17 heavy (non-hydrogen) atoms. The van der Waals surface area contributed by atoms with Crippen LogP contribution in [0.1, 0.15) is 24.8 Å². The molecule has 1 aromatic carbocycles. The van der Waals surface area contributed by atoms with E-state index in [1.54, 1.807) is 0 Å². The zero-order valence-corrected chi connectivity index (χ0v) is 12.1. The van der Waals surface area contributed by atoms with Crippen LogP contribution in [0.4, 0.5) is 0 Å². The Morgan fingerprint density at radius 2 is 2.12 bits per heavy atom. The second-order valence-electron chi connectivity index (χ2n) is 4.76. The number of nitrogens with one attached hydrogen (secondary N) is 1. The van der Waals surface area contributed by atoms with Crippen molar-refractivity contribution in [2.24, 2.45) is 0 Å². The van der Waals surface area contributed by atoms with Crippen LogP contribution in [-0.2, 0) is 11.2 Å². The molecule has 0 radical (unpaired) electrons. The average molecular weight is 298 g/mol. The van der Waals surface area contributed by atoms with Crippen molar-refractivity contribution in [1.29, 1.82) is 0 Å². The second kappa shape index (κ2) is 5.51. The molecule has 94 valence electrons. The highest BCUT2D eigenvalue weighted by atomic mass is 79.9. The SMILES string of the molecule is CNC(Cc1ccccc1Br)C1(OC)CCC1. The Morgan fingerprint density at radius 1 is 1.41 bits per heavy atom. The molecule has 1 fully saturated rings. The first kappa shape index (κ1) is 13.1. The molecule has 0 aromatic heterocycles. The Morgan fingerprint density at radius 3 is 2.59 bits per heavy atom. The predicted molar refractivity (Wildman–Crippen MR) is 74.3 cm³/mol. The maximum absolute atomic E-state index is 5.76. The maximum Gasteiger partial charge on any atom is 0.0834 e. The lowest BCUT2D eigenvalue weighted by atomic mass is 9.72. The normalized spacial score (nSPS) is 19.7. The second-order valence-corrected chi connectivity index (χ2v) is 5.61. The highest BCUT2D eigenvalue weighted by Gasteiger charge is 2.43. The zero-order chi connectivity index (χ0) is 12.3. The van der Waals surface area contributed by atoms with Gasteiger partial charge in [0.2, 0.25) is 0 Å². The van der Waals surface area contributed by atoms with Crippen molar-refractivity contribution in [2.45, 2.75) is 37.3 Å². The third-order valence-electron chi connectivity index (χ3n) is 3.97. The Labute approximate surface area is 112 Å². The number of hydrogen-bond donors (Lipinski definition) is 1. The molecule has 0 amide bonds. The standard InChI is InChI=1S/C14H20BrNO/c1-16-13(14(17-2)8-5-9-14)10-11-6-3-4-7-12(11)15/h3-4,6-7,13,16H,5,8-10H2,1-2H3. The van der Waals surface area contributed by atoms with E-state index in [2.05, 4.69) is 45.5 Å². The third-order valence-corrected chi connectivity index (χ3v) is 4.75. The van der Waals surface area contributed by atoms with Crippen LogP contribution in [0.3, 0.4) is 0 Å². The van der Waals surface area contributed by atoms with Gasteiger partial charge >= 0.3 is 0 Å². The summed E-state index contributed by atoms with van der Waals surface area (Å²) in [7, 11) is 3.87. The summed E-state index contributed by atoms with van der Waals surface area (Å²) in [5.41, 5.74) is 1.39. The van der Waals surface area contributed by atoms with E-state index in [4.69, 9.17) is 4.74 Å². The van der Waals surface area contributed by atoms with Crippen LogP contribution < -0.4 is 5.32 Å². The molecule has 1 aliphatic carbocycles. The molecule has 1 saturated carbocycles. The molecule has 0 bridgehead atoms. The summed E-state index contributed by atoms with van der Waals surface area (Å²) in [5, 5.41) is 3.43. The van der Waals surface area contributed by atoms with E-state index >= 15 is 0 Å². The van der Waals surface area contributed by atoms with Gasteiger partial charge in [0.1, 0.15) is 0 Å². The Balaban J connectivity index is 2.13. The number of rotatable bonds is 5. The van der Waals surface area contributed by atoms with E-state index in [0.717, 1.165) is 6.42 Å². The minimum atomic E-state index is 0.0457. The first-order chi connectivity index (χ1) is 8.22. The summed E-state index contributed by atoms with van der Waals surface area (Å²) in [6, 6.07) is 8.81. The van der Waals surface area contributed by atoms with Gasteiger partial charge in [0, 0.05) is 17.6 Å². The minimum absolute atomic E-state index is 0.0457. The highest BCUT2D eigenvalue weighted by Crippen LogP contribution is 2.39. The zero-order valence-electron chi connectivity index (χ0n) is 10.5. The topological polar surface area (TPSA) is 21.3 Å². The monoisotopic (exact) mass is 297 g/mol. The van der Waals surface area contributed by atoms with E-state index in [1.165, 1.54) is 29.3 Å². The van der Waals surface area contributed by atoms with Gasteiger partial charge < -0.3 is 10.1 Å². The van der Waals surface area contributed by atoms with E-state index in [1.807, 2.05) is 14.2 Å². The Hall–Kier alpha value is -0.380. The van der Waals surface area contributed by atoms with Gasteiger partial charge in [-0.15, -0.1) is 0 Å². The van der Waals surface area contributed by atoms with Gasteiger partial charge in [-0.25, -0.2) is 0 Å². The number of likely N-dealkylation sites (N-methyl/N-ethyl adjacent to an activating group) is 1. The Bertz CT molecular complexity index is 371. The number of benzene rings is 1. The predicted octanol–water partition coefficient (Wildman–Crippen LogP) is 3.15.